The predicted molar refractivity (Wildman–Crippen MR) is 110 cm³/mol. The monoisotopic (exact) mass is 409 g/mol. The summed E-state index contributed by atoms with van der Waals surface area (Å²) in [6.45, 7) is 2.53. The second kappa shape index (κ2) is 7.11. The average Bonchev–Trinajstić information content (AvgIpc) is 2.75. The zero-order valence-corrected chi connectivity index (χ0v) is 16.6. The molecule has 0 radical (unpaired) electrons. The smallest absolute Gasteiger partial charge is 0.243 e. The number of ketones is 2. The molecule has 1 aliphatic carbocycles. The molecule has 1 spiro atoms. The highest BCUT2D eigenvalue weighted by molar-refractivity contribution is 8.04. The van der Waals surface area contributed by atoms with Gasteiger partial charge in [0, 0.05) is 49.4 Å². The van der Waals surface area contributed by atoms with Crippen LogP contribution in [0, 0.1) is 5.82 Å². The van der Waals surface area contributed by atoms with Gasteiger partial charge in [-0.2, -0.15) is 0 Å². The quantitative estimate of drug-likeness (QED) is 0.700. The number of benzene rings is 2. The van der Waals surface area contributed by atoms with Gasteiger partial charge >= 0.3 is 0 Å². The van der Waals surface area contributed by atoms with Crippen molar-refractivity contribution in [2.45, 2.75) is 25.0 Å². The highest BCUT2D eigenvalue weighted by atomic mass is 32.2. The first kappa shape index (κ1) is 18.6. The summed E-state index contributed by atoms with van der Waals surface area (Å²) in [6, 6.07) is 13.8. The molecule has 0 amide bonds. The number of rotatable bonds is 2. The van der Waals surface area contributed by atoms with E-state index >= 15 is 0 Å². The molecule has 4 nitrogen and oxygen atoms in total. The fourth-order valence-corrected chi connectivity index (χ4v) is 5.49. The molecule has 2 aromatic rings. The van der Waals surface area contributed by atoms with Crippen LogP contribution in [0.15, 0.2) is 53.4 Å². The number of Topliss-reactive ketones (excluding diaryl/α,β-unsaturated/α-hetero) is 2. The van der Waals surface area contributed by atoms with Crippen LogP contribution in [0.4, 0.5) is 4.39 Å². The van der Waals surface area contributed by atoms with Gasteiger partial charge in [-0.3, -0.25) is 14.5 Å². The lowest BCUT2D eigenvalue weighted by Crippen LogP contribution is -2.49. The van der Waals surface area contributed by atoms with Crippen molar-refractivity contribution in [1.82, 2.24) is 4.90 Å². The van der Waals surface area contributed by atoms with E-state index in [1.165, 1.54) is 23.9 Å². The summed E-state index contributed by atoms with van der Waals surface area (Å²) in [6.07, 6.45) is 1.70. The van der Waals surface area contributed by atoms with E-state index < -0.39 is 11.6 Å². The molecule has 2 heterocycles. The van der Waals surface area contributed by atoms with Crippen molar-refractivity contribution in [1.29, 1.82) is 0 Å². The van der Waals surface area contributed by atoms with Crippen LogP contribution in [0.1, 0.15) is 34.3 Å². The van der Waals surface area contributed by atoms with Crippen molar-refractivity contribution in [2.75, 3.05) is 18.8 Å². The van der Waals surface area contributed by atoms with Gasteiger partial charge in [-0.15, -0.1) is 11.8 Å². The number of carbonyl (C=O) groups is 2. The summed E-state index contributed by atoms with van der Waals surface area (Å²) in [5.41, 5.74) is 1.93. The molecular weight excluding hydrogens is 389 g/mol. The number of hydrogen-bond donors (Lipinski definition) is 0. The molecule has 5 rings (SSSR count). The Hall–Kier alpha value is -2.44. The maximum atomic E-state index is 13.1. The van der Waals surface area contributed by atoms with Gasteiger partial charge < -0.3 is 4.74 Å². The van der Waals surface area contributed by atoms with Crippen LogP contribution < -0.4 is 0 Å². The number of nitrogens with zero attached hydrogens (tertiary/aromatic N) is 1. The Morgan fingerprint density at radius 1 is 0.966 bits per heavy atom. The third-order valence-corrected chi connectivity index (χ3v) is 7.25. The summed E-state index contributed by atoms with van der Waals surface area (Å²) in [7, 11) is 0. The van der Waals surface area contributed by atoms with Gasteiger partial charge in [0.05, 0.1) is 0 Å². The summed E-state index contributed by atoms with van der Waals surface area (Å²) in [5.74, 6) is 0.141. The number of halogens is 1. The van der Waals surface area contributed by atoms with Gasteiger partial charge in [-0.25, -0.2) is 4.39 Å². The first-order chi connectivity index (χ1) is 14.0. The molecule has 1 fully saturated rings. The van der Waals surface area contributed by atoms with Crippen LogP contribution in [-0.4, -0.2) is 40.9 Å². The maximum Gasteiger partial charge on any atom is 0.243 e. The zero-order chi connectivity index (χ0) is 20.0. The molecule has 0 atom stereocenters. The van der Waals surface area contributed by atoms with Crippen molar-refractivity contribution >= 4 is 29.1 Å². The van der Waals surface area contributed by atoms with Gasteiger partial charge in [0.2, 0.25) is 11.6 Å². The van der Waals surface area contributed by atoms with Gasteiger partial charge in [-0.05, 0) is 17.7 Å². The molecule has 29 heavy (non-hydrogen) atoms. The molecule has 6 heteroatoms. The number of ether oxygens (including phenoxy) is 1. The highest BCUT2D eigenvalue weighted by Crippen LogP contribution is 2.47. The number of piperidine rings is 1. The van der Waals surface area contributed by atoms with E-state index in [4.69, 9.17) is 4.74 Å². The van der Waals surface area contributed by atoms with Crippen molar-refractivity contribution in [3.8, 4) is 0 Å². The lowest BCUT2D eigenvalue weighted by Gasteiger charge is -2.45. The molecule has 0 unspecified atom stereocenters. The van der Waals surface area contributed by atoms with Crippen molar-refractivity contribution in [3.05, 3.63) is 75.9 Å². The van der Waals surface area contributed by atoms with E-state index in [9.17, 15) is 14.0 Å². The van der Waals surface area contributed by atoms with Crippen LogP contribution >= 0.6 is 11.8 Å². The molecule has 148 valence electrons. The first-order valence-corrected chi connectivity index (χ1v) is 10.7. The Balaban J connectivity index is 1.33. The minimum absolute atomic E-state index is 0.219. The predicted octanol–water partition coefficient (Wildman–Crippen LogP) is 4.06. The molecule has 0 bridgehead atoms. The molecule has 1 saturated heterocycles. The molecule has 2 aliphatic heterocycles. The van der Waals surface area contributed by atoms with E-state index in [2.05, 4.69) is 4.90 Å². The van der Waals surface area contributed by atoms with Gasteiger partial charge in [0.25, 0.3) is 0 Å². The number of fused-ring (bicyclic) bond motifs is 2. The summed E-state index contributed by atoms with van der Waals surface area (Å²) in [4.78, 5) is 27.7. The SMILES string of the molecule is O=C1C(=O)c2ccccc2C2=C1SCC1(CCN(Cc3ccc(F)cc3)CC1)O2. The Morgan fingerprint density at radius 2 is 1.66 bits per heavy atom. The number of thioether (sulfide) groups is 1. The van der Waals surface area contributed by atoms with Crippen LogP contribution in [0.5, 0.6) is 0 Å². The number of allylic oxidation sites excluding steroid dienone is 1. The van der Waals surface area contributed by atoms with Crippen LogP contribution in [0.3, 0.4) is 0 Å². The average molecular weight is 409 g/mol. The minimum Gasteiger partial charge on any atom is -0.484 e. The molecule has 0 saturated carbocycles. The van der Waals surface area contributed by atoms with E-state index in [1.807, 2.05) is 24.3 Å². The summed E-state index contributed by atoms with van der Waals surface area (Å²) >= 11 is 1.46. The Labute approximate surface area is 172 Å². The van der Waals surface area contributed by atoms with E-state index in [0.29, 0.717) is 22.0 Å². The minimum atomic E-state index is -0.452. The fraction of sp³-hybridized carbons (Fsp3) is 0.304. The number of likely N-dealkylation sites (tertiary alicyclic amines) is 1. The van der Waals surface area contributed by atoms with E-state index in [-0.39, 0.29) is 11.4 Å². The van der Waals surface area contributed by atoms with Crippen LogP contribution in [-0.2, 0) is 16.1 Å². The third kappa shape index (κ3) is 3.30. The van der Waals surface area contributed by atoms with Gasteiger partial charge in [0.15, 0.2) is 0 Å². The second-order valence-corrected chi connectivity index (χ2v) is 8.82. The van der Waals surface area contributed by atoms with Gasteiger partial charge in [0.1, 0.15) is 22.1 Å². The topological polar surface area (TPSA) is 46.6 Å². The molecule has 0 aromatic heterocycles. The molecular formula is C23H20FNO3S. The highest BCUT2D eigenvalue weighted by Gasteiger charge is 2.45. The zero-order valence-electron chi connectivity index (χ0n) is 15.8. The summed E-state index contributed by atoms with van der Waals surface area (Å²) < 4.78 is 19.6. The normalized spacial score (nSPS) is 21.0. The van der Waals surface area contributed by atoms with Crippen molar-refractivity contribution in [3.63, 3.8) is 0 Å². The fourth-order valence-electron chi connectivity index (χ4n) is 4.23. The van der Waals surface area contributed by atoms with E-state index in [0.717, 1.165) is 43.6 Å². The van der Waals surface area contributed by atoms with E-state index in [1.54, 1.807) is 12.1 Å². The lowest BCUT2D eigenvalue weighted by atomic mass is 9.90. The molecule has 3 aliphatic rings. The third-order valence-electron chi connectivity index (χ3n) is 5.92. The number of hydrogen-bond acceptors (Lipinski definition) is 5. The van der Waals surface area contributed by atoms with Gasteiger partial charge in [-0.1, -0.05) is 36.4 Å². The molecule has 0 N–H and O–H groups in total. The second-order valence-electron chi connectivity index (χ2n) is 7.84. The van der Waals surface area contributed by atoms with Crippen LogP contribution in [0.25, 0.3) is 5.76 Å². The Bertz CT molecular complexity index is 1020. The first-order valence-electron chi connectivity index (χ1n) is 9.76. The Morgan fingerprint density at radius 3 is 2.38 bits per heavy atom. The van der Waals surface area contributed by atoms with Crippen molar-refractivity contribution in [2.24, 2.45) is 0 Å². The standard InChI is InChI=1S/C23H20FNO3S/c24-16-7-5-15(6-8-16)13-25-11-9-23(10-12-25)14-29-22-20(27)19(26)17-3-1-2-4-18(17)21(22)28-23/h1-8H,9-14H2. The Kier molecular flexibility index (Phi) is 4.56. The summed E-state index contributed by atoms with van der Waals surface area (Å²) in [5, 5.41) is 0. The molecule has 2 aromatic carbocycles. The maximum absolute atomic E-state index is 13.1. The van der Waals surface area contributed by atoms with Crippen molar-refractivity contribution < 1.29 is 18.7 Å². The van der Waals surface area contributed by atoms with Crippen LogP contribution in [0.2, 0.25) is 0 Å². The largest absolute Gasteiger partial charge is 0.484 e. The lowest BCUT2D eigenvalue weighted by molar-refractivity contribution is -0.111. The number of carbonyl (C=O) groups excluding carboxylic acids is 2.